The molecule has 3 N–H and O–H groups in total. The second-order valence-electron chi connectivity index (χ2n) is 3.30. The molecule has 0 saturated heterocycles. The maximum Gasteiger partial charge on any atom is 0.304 e. The van der Waals surface area contributed by atoms with Crippen molar-refractivity contribution < 1.29 is 18.7 Å². The van der Waals surface area contributed by atoms with Gasteiger partial charge in [0.2, 0.25) is 0 Å². The van der Waals surface area contributed by atoms with Gasteiger partial charge in [0.1, 0.15) is 11.6 Å². The molecule has 0 aliphatic rings. The Morgan fingerprint density at radius 1 is 1.47 bits per heavy atom. The number of hydrogen-bond donors (Lipinski definition) is 2. The maximum absolute atomic E-state index is 13.1. The smallest absolute Gasteiger partial charge is 0.304 e. The lowest BCUT2D eigenvalue weighted by atomic mass is 10.0. The van der Waals surface area contributed by atoms with Crippen LogP contribution < -0.4 is 5.73 Å². The number of hydrogen-bond acceptors (Lipinski definition) is 2. The molecule has 0 radical (unpaired) electrons. The molecule has 0 aliphatic heterocycles. The van der Waals surface area contributed by atoms with E-state index in [-0.39, 0.29) is 18.4 Å². The highest BCUT2D eigenvalue weighted by atomic mass is 19.1. The van der Waals surface area contributed by atoms with Crippen LogP contribution in [0.3, 0.4) is 0 Å². The van der Waals surface area contributed by atoms with Crippen LogP contribution >= 0.6 is 0 Å². The van der Waals surface area contributed by atoms with Gasteiger partial charge < -0.3 is 10.8 Å². The van der Waals surface area contributed by atoms with E-state index in [9.17, 15) is 13.6 Å². The van der Waals surface area contributed by atoms with E-state index < -0.39 is 23.6 Å². The third-order valence-corrected chi connectivity index (χ3v) is 1.93. The summed E-state index contributed by atoms with van der Waals surface area (Å²) in [6.45, 7) is 0. The van der Waals surface area contributed by atoms with Crippen LogP contribution in [0.5, 0.6) is 0 Å². The lowest BCUT2D eigenvalue weighted by Crippen LogP contribution is -2.26. The van der Waals surface area contributed by atoms with Crippen molar-refractivity contribution in [2.45, 2.75) is 18.9 Å². The highest BCUT2D eigenvalue weighted by molar-refractivity contribution is 5.67. The Hall–Kier alpha value is -1.49. The van der Waals surface area contributed by atoms with Gasteiger partial charge in [-0.25, -0.2) is 8.78 Å². The van der Waals surface area contributed by atoms with E-state index in [0.717, 1.165) is 18.2 Å². The molecule has 1 rings (SSSR count). The minimum Gasteiger partial charge on any atom is -0.481 e. The van der Waals surface area contributed by atoms with Crippen molar-refractivity contribution >= 4 is 5.97 Å². The zero-order valence-electron chi connectivity index (χ0n) is 7.91. The van der Waals surface area contributed by atoms with Crippen molar-refractivity contribution in [1.82, 2.24) is 0 Å². The molecule has 1 atom stereocenters. The van der Waals surface area contributed by atoms with Gasteiger partial charge >= 0.3 is 5.97 Å². The molecular formula is C10H11F2NO2. The molecule has 1 unspecified atom stereocenters. The summed E-state index contributed by atoms with van der Waals surface area (Å²) in [5.74, 6) is -2.19. The van der Waals surface area contributed by atoms with Crippen molar-refractivity contribution in [2.75, 3.05) is 0 Å². The predicted molar refractivity (Wildman–Crippen MR) is 50.3 cm³/mol. The molecule has 0 aromatic heterocycles. The summed E-state index contributed by atoms with van der Waals surface area (Å²) in [6.07, 6.45) is -0.258. The van der Waals surface area contributed by atoms with Crippen LogP contribution in [0, 0.1) is 11.6 Å². The first-order valence-corrected chi connectivity index (χ1v) is 4.40. The quantitative estimate of drug-likeness (QED) is 0.795. The van der Waals surface area contributed by atoms with E-state index in [4.69, 9.17) is 10.8 Å². The Bertz CT molecular complexity index is 368. The van der Waals surface area contributed by atoms with Gasteiger partial charge in [0.05, 0.1) is 6.42 Å². The summed E-state index contributed by atoms with van der Waals surface area (Å²) < 4.78 is 25.8. The number of nitrogens with two attached hydrogens (primary N) is 1. The zero-order valence-corrected chi connectivity index (χ0v) is 7.91. The van der Waals surface area contributed by atoms with E-state index in [2.05, 4.69) is 0 Å². The van der Waals surface area contributed by atoms with E-state index in [1.165, 1.54) is 0 Å². The number of carbonyl (C=O) groups is 1. The molecule has 0 heterocycles. The van der Waals surface area contributed by atoms with Crippen LogP contribution in [0.25, 0.3) is 0 Å². The van der Waals surface area contributed by atoms with Crippen molar-refractivity contribution in [2.24, 2.45) is 5.73 Å². The van der Waals surface area contributed by atoms with Crippen LogP contribution in [0.2, 0.25) is 0 Å². The SMILES string of the molecule is NC(CC(=O)O)Cc1cc(F)ccc1F. The Balaban J connectivity index is 2.71. The number of carboxylic acids is 1. The van der Waals surface area contributed by atoms with Crippen LogP contribution in [-0.2, 0) is 11.2 Å². The van der Waals surface area contributed by atoms with E-state index in [1.54, 1.807) is 0 Å². The third-order valence-electron chi connectivity index (χ3n) is 1.93. The monoisotopic (exact) mass is 215 g/mol. The van der Waals surface area contributed by atoms with Gasteiger partial charge in [-0.05, 0) is 30.2 Å². The number of aliphatic carboxylic acids is 1. The average molecular weight is 215 g/mol. The summed E-state index contributed by atoms with van der Waals surface area (Å²) in [5, 5.41) is 8.44. The molecular weight excluding hydrogens is 204 g/mol. The molecule has 0 spiro atoms. The van der Waals surface area contributed by atoms with Gasteiger partial charge in [0, 0.05) is 6.04 Å². The highest BCUT2D eigenvalue weighted by Crippen LogP contribution is 2.12. The first kappa shape index (κ1) is 11.6. The molecule has 1 aromatic rings. The second-order valence-corrected chi connectivity index (χ2v) is 3.30. The molecule has 0 bridgehead atoms. The molecule has 1 aromatic carbocycles. The minimum absolute atomic E-state index is 0.00981. The van der Waals surface area contributed by atoms with Crippen molar-refractivity contribution in [3.8, 4) is 0 Å². The molecule has 0 saturated carbocycles. The average Bonchev–Trinajstić information content (AvgIpc) is 2.10. The molecule has 3 nitrogen and oxygen atoms in total. The number of carboxylic acid groups (broad SMARTS) is 1. The summed E-state index contributed by atoms with van der Waals surface area (Å²) in [4.78, 5) is 10.3. The Morgan fingerprint density at radius 2 is 2.13 bits per heavy atom. The molecule has 0 amide bonds. The van der Waals surface area contributed by atoms with Gasteiger partial charge in [0.15, 0.2) is 0 Å². The van der Waals surface area contributed by atoms with Gasteiger partial charge in [-0.3, -0.25) is 4.79 Å². The van der Waals surface area contributed by atoms with Gasteiger partial charge in [0.25, 0.3) is 0 Å². The molecule has 0 aliphatic carbocycles. The maximum atomic E-state index is 13.1. The molecule has 0 fully saturated rings. The fraction of sp³-hybridized carbons (Fsp3) is 0.300. The molecule has 5 heteroatoms. The standard InChI is InChI=1S/C10H11F2NO2/c11-7-1-2-9(12)6(3-7)4-8(13)5-10(14)15/h1-3,8H,4-5,13H2,(H,14,15). The summed E-state index contributed by atoms with van der Waals surface area (Å²) in [5.41, 5.74) is 5.56. The number of benzene rings is 1. The highest BCUT2D eigenvalue weighted by Gasteiger charge is 2.12. The Kier molecular flexibility index (Phi) is 3.74. The lowest BCUT2D eigenvalue weighted by molar-refractivity contribution is -0.137. The summed E-state index contributed by atoms with van der Waals surface area (Å²) in [6, 6.07) is 2.32. The normalized spacial score (nSPS) is 12.5. The summed E-state index contributed by atoms with van der Waals surface area (Å²) in [7, 11) is 0. The van der Waals surface area contributed by atoms with E-state index in [0.29, 0.717) is 0 Å². The largest absolute Gasteiger partial charge is 0.481 e. The van der Waals surface area contributed by atoms with Crippen LogP contribution in [0.4, 0.5) is 8.78 Å². The third kappa shape index (κ3) is 3.63. The van der Waals surface area contributed by atoms with Crippen LogP contribution in [0.15, 0.2) is 18.2 Å². The van der Waals surface area contributed by atoms with Crippen molar-refractivity contribution in [3.05, 3.63) is 35.4 Å². The fourth-order valence-electron chi connectivity index (χ4n) is 1.28. The second kappa shape index (κ2) is 4.84. The zero-order chi connectivity index (χ0) is 11.4. The van der Waals surface area contributed by atoms with Crippen molar-refractivity contribution in [1.29, 1.82) is 0 Å². The molecule has 82 valence electrons. The van der Waals surface area contributed by atoms with E-state index >= 15 is 0 Å². The summed E-state index contributed by atoms with van der Waals surface area (Å²) >= 11 is 0. The Labute approximate surface area is 85.5 Å². The Morgan fingerprint density at radius 3 is 2.73 bits per heavy atom. The van der Waals surface area contributed by atoms with Gasteiger partial charge in [-0.2, -0.15) is 0 Å². The minimum atomic E-state index is -1.06. The van der Waals surface area contributed by atoms with Crippen LogP contribution in [0.1, 0.15) is 12.0 Å². The predicted octanol–water partition coefficient (Wildman–Crippen LogP) is 1.31. The van der Waals surface area contributed by atoms with Gasteiger partial charge in [-0.15, -0.1) is 0 Å². The number of halogens is 2. The van der Waals surface area contributed by atoms with E-state index in [1.807, 2.05) is 0 Å². The topological polar surface area (TPSA) is 63.3 Å². The first-order chi connectivity index (χ1) is 6.99. The van der Waals surface area contributed by atoms with Crippen molar-refractivity contribution in [3.63, 3.8) is 0 Å². The first-order valence-electron chi connectivity index (χ1n) is 4.40. The van der Waals surface area contributed by atoms with Crippen LogP contribution in [-0.4, -0.2) is 17.1 Å². The number of rotatable bonds is 4. The van der Waals surface area contributed by atoms with Gasteiger partial charge in [-0.1, -0.05) is 0 Å². The fourth-order valence-corrected chi connectivity index (χ4v) is 1.28. The molecule has 15 heavy (non-hydrogen) atoms. The lowest BCUT2D eigenvalue weighted by Gasteiger charge is -2.09.